The smallest absolute Gasteiger partial charge is 0.187 e. The SMILES string of the molecule is CC(C)c1ccc(COCCOCCOCCOCC2OC(OC3C(COCCOCCOCCOCc4ccc(C(C)C)cc4)OC(OCCOCCOCCOCc4ccc(C(C)C)cc4)C3O)C(O)C2O)cc1. The van der Waals surface area contributed by atoms with Crippen LogP contribution in [0.25, 0.3) is 0 Å². The Morgan fingerprint density at radius 1 is 0.342 bits per heavy atom. The van der Waals surface area contributed by atoms with Gasteiger partial charge in [-0.2, -0.15) is 0 Å². The van der Waals surface area contributed by atoms with Gasteiger partial charge >= 0.3 is 0 Å². The molecule has 0 aliphatic carbocycles. The molecule has 0 saturated carbocycles. The molecule has 2 aliphatic rings. The molecule has 0 spiro atoms. The molecule has 0 amide bonds. The van der Waals surface area contributed by atoms with Crippen LogP contribution in [0, 0.1) is 0 Å². The van der Waals surface area contributed by atoms with Crippen molar-refractivity contribution in [2.24, 2.45) is 0 Å². The maximum absolute atomic E-state index is 11.4. The molecular weight excluding hydrogens is 985 g/mol. The zero-order chi connectivity index (χ0) is 54.2. The van der Waals surface area contributed by atoms with Crippen LogP contribution in [0.1, 0.15) is 92.7 Å². The van der Waals surface area contributed by atoms with Crippen LogP contribution in [-0.4, -0.2) is 197 Å². The van der Waals surface area contributed by atoms with Gasteiger partial charge in [0.15, 0.2) is 12.6 Å². The average Bonchev–Trinajstić information content (AvgIpc) is 3.86. The van der Waals surface area contributed by atoms with Crippen LogP contribution in [0.3, 0.4) is 0 Å². The second-order valence-electron chi connectivity index (χ2n) is 19.7. The molecule has 0 bridgehead atoms. The second kappa shape index (κ2) is 37.7. The van der Waals surface area contributed by atoms with E-state index in [1.54, 1.807) is 0 Å². The molecule has 8 atom stereocenters. The lowest BCUT2D eigenvalue weighted by molar-refractivity contribution is -0.218. The summed E-state index contributed by atoms with van der Waals surface area (Å²) in [4.78, 5) is 0. The minimum atomic E-state index is -1.43. The summed E-state index contributed by atoms with van der Waals surface area (Å²) < 4.78 is 86.6. The highest BCUT2D eigenvalue weighted by Gasteiger charge is 2.51. The van der Waals surface area contributed by atoms with Gasteiger partial charge in [-0.05, 0) is 51.1 Å². The molecule has 18 heteroatoms. The van der Waals surface area contributed by atoms with Gasteiger partial charge in [-0.1, -0.05) is 114 Å². The summed E-state index contributed by atoms with van der Waals surface area (Å²) in [5.74, 6) is 1.48. The number of rotatable bonds is 43. The summed E-state index contributed by atoms with van der Waals surface area (Å²) in [6.07, 6.45) is -9.21. The fourth-order valence-electron chi connectivity index (χ4n) is 8.01. The van der Waals surface area contributed by atoms with E-state index in [0.717, 1.165) is 16.7 Å². The highest BCUT2D eigenvalue weighted by atomic mass is 16.8. The fourth-order valence-corrected chi connectivity index (χ4v) is 8.01. The summed E-state index contributed by atoms with van der Waals surface area (Å²) in [5, 5.41) is 33.2. The first-order chi connectivity index (χ1) is 37.0. The Balaban J connectivity index is 0.939. The Labute approximate surface area is 451 Å². The molecule has 2 fully saturated rings. The number of ether oxygens (including phenoxy) is 15. The van der Waals surface area contributed by atoms with Gasteiger partial charge in [0.25, 0.3) is 0 Å². The first-order valence-electron chi connectivity index (χ1n) is 27.2. The Morgan fingerprint density at radius 3 is 1.00 bits per heavy atom. The summed E-state index contributed by atoms with van der Waals surface area (Å²) in [6.45, 7) is 21.0. The molecule has 2 aliphatic heterocycles. The zero-order valence-corrected chi connectivity index (χ0v) is 46.0. The Morgan fingerprint density at radius 2 is 0.645 bits per heavy atom. The Bertz CT molecular complexity index is 1890. The predicted octanol–water partition coefficient (Wildman–Crippen LogP) is 6.07. The van der Waals surface area contributed by atoms with Gasteiger partial charge in [0.05, 0.1) is 152 Å². The molecule has 18 nitrogen and oxygen atoms in total. The molecule has 3 aromatic carbocycles. The van der Waals surface area contributed by atoms with Gasteiger partial charge in [-0.3, -0.25) is 0 Å². The first kappa shape index (κ1) is 63.8. The van der Waals surface area contributed by atoms with Crippen LogP contribution in [0.2, 0.25) is 0 Å². The molecule has 430 valence electrons. The third kappa shape index (κ3) is 24.5. The fraction of sp³-hybridized carbons (Fsp3) is 0.690. The van der Waals surface area contributed by atoms with Crippen molar-refractivity contribution < 1.29 is 86.4 Å². The molecule has 2 heterocycles. The lowest BCUT2D eigenvalue weighted by Gasteiger charge is -2.25. The van der Waals surface area contributed by atoms with Crippen molar-refractivity contribution in [1.82, 2.24) is 0 Å². The summed E-state index contributed by atoms with van der Waals surface area (Å²) in [5.41, 5.74) is 7.27. The van der Waals surface area contributed by atoms with Crippen LogP contribution in [0.15, 0.2) is 72.8 Å². The minimum absolute atomic E-state index is 0.00521. The molecule has 76 heavy (non-hydrogen) atoms. The standard InChI is InChI=1S/C58H90O18/c1-42(2)48-13-7-45(8-14-48)37-68-30-25-62-19-21-65-28-33-71-40-51-53(59)54(60)58(74-51)76-56-52(41-72-34-29-66-22-20-63-26-31-69-38-46-9-15-49(16-10-46)43(3)4)75-57(55(56)61)73-36-35-67-24-23-64-27-32-70-39-47-11-17-50(18-12-47)44(5)6/h7-18,42-44,51-61H,19-41H2,1-6H3. The topological polar surface area (TPSA) is 199 Å². The zero-order valence-electron chi connectivity index (χ0n) is 46.0. The van der Waals surface area contributed by atoms with E-state index in [2.05, 4.69) is 114 Å². The highest BCUT2D eigenvalue weighted by molar-refractivity contribution is 5.26. The van der Waals surface area contributed by atoms with Crippen LogP contribution >= 0.6 is 0 Å². The number of hydrogen-bond donors (Lipinski definition) is 3. The van der Waals surface area contributed by atoms with Gasteiger partial charge in [0.2, 0.25) is 0 Å². The average molecular weight is 1080 g/mol. The number of aliphatic hydroxyl groups is 3. The number of aliphatic hydroxyl groups excluding tert-OH is 3. The van der Waals surface area contributed by atoms with Crippen molar-refractivity contribution in [1.29, 1.82) is 0 Å². The van der Waals surface area contributed by atoms with Crippen molar-refractivity contribution in [2.75, 3.05) is 132 Å². The van der Waals surface area contributed by atoms with Crippen LogP contribution in [-0.2, 0) is 90.9 Å². The lowest BCUT2D eigenvalue weighted by Crippen LogP contribution is -2.44. The largest absolute Gasteiger partial charge is 0.387 e. The van der Waals surface area contributed by atoms with Gasteiger partial charge in [0, 0.05) is 0 Å². The maximum atomic E-state index is 11.4. The van der Waals surface area contributed by atoms with E-state index >= 15 is 0 Å². The molecule has 0 aromatic heterocycles. The molecule has 8 unspecified atom stereocenters. The summed E-state index contributed by atoms with van der Waals surface area (Å²) >= 11 is 0. The monoisotopic (exact) mass is 1070 g/mol. The quantitative estimate of drug-likeness (QED) is 0.0551. The molecule has 5 rings (SSSR count). The normalized spacial score (nSPS) is 21.8. The molecule has 3 aromatic rings. The summed E-state index contributed by atoms with van der Waals surface area (Å²) in [7, 11) is 0. The maximum Gasteiger partial charge on any atom is 0.187 e. The van der Waals surface area contributed by atoms with Gasteiger partial charge in [-0.25, -0.2) is 0 Å². The molecule has 0 radical (unpaired) electrons. The van der Waals surface area contributed by atoms with Gasteiger partial charge in [0.1, 0.15) is 36.6 Å². The second-order valence-corrected chi connectivity index (χ2v) is 19.7. The van der Waals surface area contributed by atoms with Crippen molar-refractivity contribution in [3.8, 4) is 0 Å². The Hall–Kier alpha value is -3.06. The van der Waals surface area contributed by atoms with E-state index in [0.29, 0.717) is 123 Å². The van der Waals surface area contributed by atoms with Crippen LogP contribution < -0.4 is 0 Å². The molecule has 2 saturated heterocycles. The van der Waals surface area contributed by atoms with E-state index in [1.807, 2.05) is 0 Å². The van der Waals surface area contributed by atoms with E-state index in [1.165, 1.54) is 16.7 Å². The van der Waals surface area contributed by atoms with Crippen molar-refractivity contribution in [2.45, 2.75) is 128 Å². The van der Waals surface area contributed by atoms with Crippen molar-refractivity contribution in [3.63, 3.8) is 0 Å². The van der Waals surface area contributed by atoms with Gasteiger partial charge < -0.3 is 86.4 Å². The third-order valence-electron chi connectivity index (χ3n) is 12.7. The van der Waals surface area contributed by atoms with E-state index < -0.39 is 49.2 Å². The van der Waals surface area contributed by atoms with Gasteiger partial charge in [-0.15, -0.1) is 0 Å². The van der Waals surface area contributed by atoms with Crippen LogP contribution in [0.4, 0.5) is 0 Å². The molecular formula is C58H90O18. The van der Waals surface area contributed by atoms with Crippen LogP contribution in [0.5, 0.6) is 0 Å². The van der Waals surface area contributed by atoms with Crippen molar-refractivity contribution >= 4 is 0 Å². The van der Waals surface area contributed by atoms with E-state index in [9.17, 15) is 15.3 Å². The third-order valence-corrected chi connectivity index (χ3v) is 12.7. The first-order valence-corrected chi connectivity index (χ1v) is 27.2. The van der Waals surface area contributed by atoms with Crippen molar-refractivity contribution in [3.05, 3.63) is 106 Å². The Kier molecular flexibility index (Phi) is 31.7. The molecule has 3 N–H and O–H groups in total. The predicted molar refractivity (Wildman–Crippen MR) is 283 cm³/mol. The minimum Gasteiger partial charge on any atom is -0.387 e. The number of hydrogen-bond acceptors (Lipinski definition) is 18. The number of benzene rings is 3. The summed E-state index contributed by atoms with van der Waals surface area (Å²) in [6, 6.07) is 25.3. The van der Waals surface area contributed by atoms with E-state index in [-0.39, 0.29) is 46.2 Å². The highest BCUT2D eigenvalue weighted by Crippen LogP contribution is 2.31. The van der Waals surface area contributed by atoms with E-state index in [4.69, 9.17) is 71.1 Å². The lowest BCUT2D eigenvalue weighted by atomic mass is 10.0.